The normalized spacial score (nSPS) is 11.5. The molecule has 0 radical (unpaired) electrons. The first-order valence-electron chi connectivity index (χ1n) is 3.01. The van der Waals surface area contributed by atoms with Crippen molar-refractivity contribution in [2.75, 3.05) is 13.1 Å². The average molecular weight is 216 g/mol. The molecule has 0 unspecified atom stereocenters. The smallest absolute Gasteiger partial charge is 0.316 e. The highest BCUT2D eigenvalue weighted by Crippen LogP contribution is 2.07. The maximum absolute atomic E-state index is 10.6. The van der Waals surface area contributed by atoms with Gasteiger partial charge in [-0.15, -0.1) is 0 Å². The lowest BCUT2D eigenvalue weighted by molar-refractivity contribution is 0.229. The number of nitrogens with zero attached hydrogens (tertiary/aromatic N) is 1. The Bertz CT molecular complexity index is 169. The van der Waals surface area contributed by atoms with Gasteiger partial charge >= 0.3 is 5.37 Å². The van der Waals surface area contributed by atoms with E-state index in [9.17, 15) is 4.79 Å². The Kier molecular flexibility index (Phi) is 5.74. The van der Waals surface area contributed by atoms with E-state index in [1.54, 1.807) is 6.92 Å². The highest BCUT2D eigenvalue weighted by atomic mass is 35.5. The maximum Gasteiger partial charge on any atom is 0.316 e. The van der Waals surface area contributed by atoms with Crippen molar-refractivity contribution in [2.24, 2.45) is 0 Å². The molecule has 0 bridgehead atoms. The van der Waals surface area contributed by atoms with Crippen molar-refractivity contribution in [3.63, 3.8) is 0 Å². The molecule has 0 aromatic rings. The molecule has 0 aliphatic carbocycles. The molecule has 0 aliphatic heterocycles. The van der Waals surface area contributed by atoms with Gasteiger partial charge in [-0.2, -0.15) is 0 Å². The molecule has 11 heavy (non-hydrogen) atoms. The second-order valence-corrected chi connectivity index (χ2v) is 2.85. The van der Waals surface area contributed by atoms with E-state index < -0.39 is 5.37 Å². The summed E-state index contributed by atoms with van der Waals surface area (Å²) in [6, 6.07) is 0. The van der Waals surface area contributed by atoms with Crippen LogP contribution in [-0.4, -0.2) is 23.4 Å². The Morgan fingerprint density at radius 1 is 1.55 bits per heavy atom. The first-order chi connectivity index (χ1) is 5.11. The van der Waals surface area contributed by atoms with Crippen LogP contribution in [0.15, 0.2) is 10.6 Å². The van der Waals surface area contributed by atoms with E-state index in [1.165, 1.54) is 10.4 Å². The highest BCUT2D eigenvalue weighted by Gasteiger charge is 2.08. The Morgan fingerprint density at radius 3 is 2.36 bits per heavy atom. The SMILES string of the molecule is CCN(C/C(Cl)=C/Cl)C(=O)Cl. The molecule has 0 spiro atoms. The van der Waals surface area contributed by atoms with Crippen molar-refractivity contribution in [1.29, 1.82) is 0 Å². The second-order valence-electron chi connectivity index (χ2n) is 1.82. The van der Waals surface area contributed by atoms with E-state index in [1.807, 2.05) is 0 Å². The summed E-state index contributed by atoms with van der Waals surface area (Å²) in [6.07, 6.45) is 0. The van der Waals surface area contributed by atoms with Gasteiger partial charge in [-0.25, -0.2) is 0 Å². The number of likely N-dealkylation sites (N-methyl/N-ethyl adjacent to an activating group) is 1. The Labute approximate surface area is 80.7 Å². The summed E-state index contributed by atoms with van der Waals surface area (Å²) in [5.41, 5.74) is 1.21. The monoisotopic (exact) mass is 215 g/mol. The van der Waals surface area contributed by atoms with Gasteiger partial charge in [0.25, 0.3) is 0 Å². The predicted octanol–water partition coefficient (Wildman–Crippen LogP) is 2.99. The minimum absolute atomic E-state index is 0.268. The number of hydrogen-bond acceptors (Lipinski definition) is 1. The number of halogens is 3. The summed E-state index contributed by atoms with van der Waals surface area (Å²) >= 11 is 16.0. The minimum atomic E-state index is -0.524. The molecule has 0 fully saturated rings. The van der Waals surface area contributed by atoms with Crippen LogP contribution in [-0.2, 0) is 0 Å². The van der Waals surface area contributed by atoms with Crippen LogP contribution in [0.2, 0.25) is 0 Å². The fraction of sp³-hybridized carbons (Fsp3) is 0.500. The summed E-state index contributed by atoms with van der Waals surface area (Å²) < 4.78 is 0. The number of carbonyl (C=O) groups excluding carboxylic acids is 1. The lowest BCUT2D eigenvalue weighted by Crippen LogP contribution is -2.26. The maximum atomic E-state index is 10.6. The topological polar surface area (TPSA) is 20.3 Å². The molecule has 64 valence electrons. The molecule has 0 rings (SSSR count). The number of rotatable bonds is 3. The third-order valence-corrected chi connectivity index (χ3v) is 1.93. The van der Waals surface area contributed by atoms with Gasteiger partial charge < -0.3 is 4.90 Å². The molecular weight excluding hydrogens is 208 g/mol. The molecule has 5 heteroatoms. The Hall–Kier alpha value is 0.0800. The summed E-state index contributed by atoms with van der Waals surface area (Å²) in [5, 5.41) is -0.133. The van der Waals surface area contributed by atoms with Gasteiger partial charge in [-0.3, -0.25) is 4.79 Å². The minimum Gasteiger partial charge on any atom is -0.324 e. The number of amides is 1. The molecule has 0 N–H and O–H groups in total. The van der Waals surface area contributed by atoms with Crippen molar-refractivity contribution in [3.8, 4) is 0 Å². The Balaban J connectivity index is 3.98. The van der Waals surface area contributed by atoms with Crippen LogP contribution in [0.5, 0.6) is 0 Å². The van der Waals surface area contributed by atoms with Gasteiger partial charge in [0.05, 0.1) is 6.54 Å². The lowest BCUT2D eigenvalue weighted by atomic mass is 10.5. The summed E-state index contributed by atoms with van der Waals surface area (Å²) in [7, 11) is 0. The lowest BCUT2D eigenvalue weighted by Gasteiger charge is -2.15. The van der Waals surface area contributed by atoms with Crippen LogP contribution in [0.3, 0.4) is 0 Å². The number of hydrogen-bond donors (Lipinski definition) is 0. The molecule has 0 heterocycles. The summed E-state index contributed by atoms with van der Waals surface area (Å²) in [5.74, 6) is 0. The van der Waals surface area contributed by atoms with E-state index in [4.69, 9.17) is 34.8 Å². The van der Waals surface area contributed by atoms with E-state index in [0.717, 1.165) is 0 Å². The third kappa shape index (κ3) is 4.51. The molecule has 0 saturated heterocycles. The molecule has 0 atom stereocenters. The van der Waals surface area contributed by atoms with Crippen LogP contribution < -0.4 is 0 Å². The first-order valence-corrected chi connectivity index (χ1v) is 4.20. The predicted molar refractivity (Wildman–Crippen MR) is 48.3 cm³/mol. The van der Waals surface area contributed by atoms with Gasteiger partial charge in [0.15, 0.2) is 0 Å². The van der Waals surface area contributed by atoms with Crippen LogP contribution in [0.4, 0.5) is 4.79 Å². The largest absolute Gasteiger partial charge is 0.324 e. The van der Waals surface area contributed by atoms with E-state index in [0.29, 0.717) is 11.6 Å². The third-order valence-electron chi connectivity index (χ3n) is 1.09. The molecule has 0 aliphatic rings. The van der Waals surface area contributed by atoms with Crippen molar-refractivity contribution in [1.82, 2.24) is 4.90 Å². The van der Waals surface area contributed by atoms with Crippen LogP contribution in [0.1, 0.15) is 6.92 Å². The quantitative estimate of drug-likeness (QED) is 0.525. The Morgan fingerprint density at radius 2 is 2.09 bits per heavy atom. The van der Waals surface area contributed by atoms with Gasteiger partial charge in [-0.1, -0.05) is 23.2 Å². The van der Waals surface area contributed by atoms with Crippen LogP contribution >= 0.6 is 34.8 Å². The standard InChI is InChI=1S/C6H8Cl3NO/c1-2-10(6(9)11)4-5(8)3-7/h3H,2,4H2,1H3/b5-3-. The van der Waals surface area contributed by atoms with E-state index in [-0.39, 0.29) is 6.54 Å². The van der Waals surface area contributed by atoms with Crippen molar-refractivity contribution in [3.05, 3.63) is 10.6 Å². The zero-order valence-electron chi connectivity index (χ0n) is 5.98. The van der Waals surface area contributed by atoms with E-state index >= 15 is 0 Å². The van der Waals surface area contributed by atoms with Gasteiger partial charge in [0.1, 0.15) is 0 Å². The summed E-state index contributed by atoms with van der Waals surface area (Å²) in [6.45, 7) is 2.59. The van der Waals surface area contributed by atoms with Crippen LogP contribution in [0, 0.1) is 0 Å². The molecule has 0 aromatic carbocycles. The zero-order valence-corrected chi connectivity index (χ0v) is 8.25. The molecular formula is C6H8Cl3NO. The average Bonchev–Trinajstić information content (AvgIpc) is 1.99. The zero-order chi connectivity index (χ0) is 8.85. The van der Waals surface area contributed by atoms with Crippen molar-refractivity contribution in [2.45, 2.75) is 6.92 Å². The van der Waals surface area contributed by atoms with Crippen molar-refractivity contribution >= 4 is 40.2 Å². The molecule has 0 aromatic heterocycles. The first kappa shape index (κ1) is 11.1. The van der Waals surface area contributed by atoms with Gasteiger partial charge in [-0.05, 0) is 18.5 Å². The van der Waals surface area contributed by atoms with Gasteiger partial charge in [0, 0.05) is 17.1 Å². The molecule has 1 amide bonds. The fourth-order valence-electron chi connectivity index (χ4n) is 0.515. The summed E-state index contributed by atoms with van der Waals surface area (Å²) in [4.78, 5) is 12.0. The number of carbonyl (C=O) groups is 1. The highest BCUT2D eigenvalue weighted by molar-refractivity contribution is 6.62. The molecule has 0 saturated carbocycles. The van der Waals surface area contributed by atoms with Crippen LogP contribution in [0.25, 0.3) is 0 Å². The fourth-order valence-corrected chi connectivity index (χ4v) is 0.908. The van der Waals surface area contributed by atoms with E-state index in [2.05, 4.69) is 0 Å². The van der Waals surface area contributed by atoms with Crippen molar-refractivity contribution < 1.29 is 4.79 Å². The second kappa shape index (κ2) is 5.70. The molecule has 2 nitrogen and oxygen atoms in total. The van der Waals surface area contributed by atoms with Gasteiger partial charge in [0.2, 0.25) is 0 Å².